The molecular weight excluding hydrogens is 589 g/mol. The molecule has 0 atom stereocenters. The van der Waals surface area contributed by atoms with Crippen LogP contribution in [0, 0.1) is 74.1 Å². The maximum Gasteiger partial charge on any atom is 0.0245 e. The SMILES string of the molecule is C.C.C#CC.C#CC.CC#Cc1ccccc1.CC#Cc1ccccc1.CC#Cc1ccccc1.Cc1ccccc1.Cc1ccccc1. The minimum Gasteiger partial charge on any atom is -0.120 e. The Morgan fingerprint density at radius 2 is 0.490 bits per heavy atom. The highest BCUT2D eigenvalue weighted by Gasteiger charge is 1.79. The second kappa shape index (κ2) is 39.9. The van der Waals surface area contributed by atoms with E-state index >= 15 is 0 Å². The van der Waals surface area contributed by atoms with E-state index in [9.17, 15) is 0 Å². The molecule has 0 saturated carbocycles. The van der Waals surface area contributed by atoms with E-state index in [1.54, 1.807) is 13.8 Å². The first-order chi connectivity index (χ1) is 22.9. The van der Waals surface area contributed by atoms with Crippen LogP contribution in [0.4, 0.5) is 0 Å². The van der Waals surface area contributed by atoms with E-state index in [-0.39, 0.29) is 14.9 Å². The molecule has 0 bridgehead atoms. The van der Waals surface area contributed by atoms with Gasteiger partial charge in [0.25, 0.3) is 0 Å². The average molecular weight is 645 g/mol. The third kappa shape index (κ3) is 36.2. The zero-order valence-electron chi connectivity index (χ0n) is 29.1. The maximum atomic E-state index is 4.60. The fraction of sp³-hybridized carbons (Fsp3) is 0.184. The van der Waals surface area contributed by atoms with Gasteiger partial charge >= 0.3 is 0 Å². The van der Waals surface area contributed by atoms with Gasteiger partial charge < -0.3 is 0 Å². The van der Waals surface area contributed by atoms with E-state index in [1.165, 1.54) is 11.1 Å². The Morgan fingerprint density at radius 3 is 0.612 bits per heavy atom. The molecule has 0 unspecified atom stereocenters. The summed E-state index contributed by atoms with van der Waals surface area (Å²) in [6.07, 6.45) is 9.19. The molecule has 0 N–H and O–H groups in total. The Morgan fingerprint density at radius 1 is 0.327 bits per heavy atom. The summed E-state index contributed by atoms with van der Waals surface area (Å²) in [5.74, 6) is 21.9. The molecule has 0 nitrogen and oxygen atoms in total. The van der Waals surface area contributed by atoms with E-state index < -0.39 is 0 Å². The molecule has 0 fully saturated rings. The van der Waals surface area contributed by atoms with Crippen LogP contribution in [0.25, 0.3) is 0 Å². The summed E-state index contributed by atoms with van der Waals surface area (Å²) in [7, 11) is 0. The Balaban J connectivity index is -0.000000246. The van der Waals surface area contributed by atoms with Crippen LogP contribution in [0.5, 0.6) is 0 Å². The fourth-order valence-corrected chi connectivity index (χ4v) is 3.07. The van der Waals surface area contributed by atoms with Gasteiger partial charge in [-0.15, -0.1) is 42.4 Å². The van der Waals surface area contributed by atoms with E-state index in [1.807, 2.05) is 148 Å². The van der Waals surface area contributed by atoms with Gasteiger partial charge in [0.05, 0.1) is 0 Å². The van der Waals surface area contributed by atoms with Crippen LogP contribution >= 0.6 is 0 Å². The summed E-state index contributed by atoms with van der Waals surface area (Å²) in [5.41, 5.74) is 5.89. The minimum absolute atomic E-state index is 0. The number of aryl methyl sites for hydroxylation is 2. The molecule has 0 aromatic heterocycles. The van der Waals surface area contributed by atoms with Gasteiger partial charge in [-0.3, -0.25) is 0 Å². The third-order valence-corrected chi connectivity index (χ3v) is 5.01. The van der Waals surface area contributed by atoms with Crippen molar-refractivity contribution in [1.82, 2.24) is 0 Å². The first-order valence-corrected chi connectivity index (χ1v) is 15.1. The molecule has 5 aromatic carbocycles. The van der Waals surface area contributed by atoms with E-state index in [0.717, 1.165) is 16.7 Å². The minimum atomic E-state index is 0. The highest BCUT2D eigenvalue weighted by atomic mass is 13.8. The summed E-state index contributed by atoms with van der Waals surface area (Å²) >= 11 is 0. The van der Waals surface area contributed by atoms with Gasteiger partial charge in [0.2, 0.25) is 0 Å². The molecular formula is C49H56. The van der Waals surface area contributed by atoms with Crippen LogP contribution in [0.3, 0.4) is 0 Å². The van der Waals surface area contributed by atoms with Crippen LogP contribution < -0.4 is 0 Å². The highest BCUT2D eigenvalue weighted by Crippen LogP contribution is 1.96. The zero-order valence-corrected chi connectivity index (χ0v) is 29.1. The van der Waals surface area contributed by atoms with Crippen molar-refractivity contribution in [2.75, 3.05) is 0 Å². The largest absolute Gasteiger partial charge is 0.120 e. The summed E-state index contributed by atoms with van der Waals surface area (Å²) in [5, 5.41) is 0. The summed E-state index contributed by atoms with van der Waals surface area (Å²) in [6.45, 7) is 13.0. The number of terminal acetylenes is 2. The molecule has 0 spiro atoms. The molecule has 0 saturated heterocycles. The van der Waals surface area contributed by atoms with E-state index in [2.05, 4.69) is 98.3 Å². The van der Waals surface area contributed by atoms with E-state index in [0.29, 0.717) is 0 Å². The van der Waals surface area contributed by atoms with Gasteiger partial charge in [-0.1, -0.05) is 159 Å². The summed E-state index contributed by atoms with van der Waals surface area (Å²) < 4.78 is 0. The number of benzene rings is 5. The molecule has 5 rings (SSSR count). The third-order valence-electron chi connectivity index (χ3n) is 5.01. The summed E-state index contributed by atoms with van der Waals surface area (Å²) in [4.78, 5) is 0. The van der Waals surface area contributed by atoms with Crippen molar-refractivity contribution in [1.29, 1.82) is 0 Å². The van der Waals surface area contributed by atoms with Crippen LogP contribution in [0.1, 0.15) is 77.3 Å². The molecule has 0 radical (unpaired) electrons. The number of rotatable bonds is 0. The predicted molar refractivity (Wildman–Crippen MR) is 222 cm³/mol. The number of hydrogen-bond donors (Lipinski definition) is 0. The lowest BCUT2D eigenvalue weighted by molar-refractivity contribution is 1.48. The van der Waals surface area contributed by atoms with Gasteiger partial charge in [-0.25, -0.2) is 0 Å². The smallest absolute Gasteiger partial charge is 0.0245 e. The fourth-order valence-electron chi connectivity index (χ4n) is 3.07. The molecule has 0 aliphatic carbocycles. The first-order valence-electron chi connectivity index (χ1n) is 15.1. The van der Waals surface area contributed by atoms with Gasteiger partial charge in [-0.05, 0) is 84.9 Å². The molecule has 0 aliphatic heterocycles. The first kappa shape index (κ1) is 49.8. The second-order valence-corrected chi connectivity index (χ2v) is 9.11. The number of hydrogen-bond acceptors (Lipinski definition) is 0. The van der Waals surface area contributed by atoms with Crippen molar-refractivity contribution in [2.24, 2.45) is 0 Å². The van der Waals surface area contributed by atoms with Gasteiger partial charge in [0.15, 0.2) is 0 Å². The Bertz CT molecular complexity index is 1490. The van der Waals surface area contributed by atoms with Crippen molar-refractivity contribution < 1.29 is 0 Å². The van der Waals surface area contributed by atoms with Crippen molar-refractivity contribution >= 4 is 0 Å². The zero-order chi connectivity index (χ0) is 35.2. The van der Waals surface area contributed by atoms with Gasteiger partial charge in [0.1, 0.15) is 0 Å². The van der Waals surface area contributed by atoms with Gasteiger partial charge in [-0.2, -0.15) is 0 Å². The molecule has 0 heteroatoms. The van der Waals surface area contributed by atoms with Crippen molar-refractivity contribution in [3.8, 4) is 60.2 Å². The summed E-state index contributed by atoms with van der Waals surface area (Å²) in [6, 6.07) is 50.4. The Kier molecular flexibility index (Phi) is 40.6. The average Bonchev–Trinajstić information content (AvgIpc) is 3.09. The van der Waals surface area contributed by atoms with Crippen molar-refractivity contribution in [3.05, 3.63) is 179 Å². The van der Waals surface area contributed by atoms with Crippen LogP contribution in [0.2, 0.25) is 0 Å². The molecule has 0 aliphatic rings. The van der Waals surface area contributed by atoms with E-state index in [4.69, 9.17) is 0 Å². The van der Waals surface area contributed by atoms with Crippen molar-refractivity contribution in [3.63, 3.8) is 0 Å². The van der Waals surface area contributed by atoms with Crippen LogP contribution in [-0.2, 0) is 0 Å². The van der Waals surface area contributed by atoms with Crippen LogP contribution in [-0.4, -0.2) is 0 Å². The Labute approximate surface area is 302 Å². The normalized spacial score (nSPS) is 7.04. The quantitative estimate of drug-likeness (QED) is 0.147. The lowest BCUT2D eigenvalue weighted by Gasteiger charge is -1.83. The standard InChI is InChI=1S/3C9H8.2C7H8.2C3H4.2CH4/c3*1-2-6-9-7-4-3-5-8-9;2*1-7-5-3-2-4-6-7;2*1-3-2;;/h3*3-5,7-8H,1H3;2*2-6H,1H3;2*1H,2H3;2*1H4. The monoisotopic (exact) mass is 644 g/mol. The Hall–Kier alpha value is -6.10. The molecule has 0 heterocycles. The lowest BCUT2D eigenvalue weighted by Crippen LogP contribution is -1.67. The highest BCUT2D eigenvalue weighted by molar-refractivity contribution is 5.34. The van der Waals surface area contributed by atoms with Crippen LogP contribution in [0.15, 0.2) is 152 Å². The van der Waals surface area contributed by atoms with Gasteiger partial charge in [0, 0.05) is 16.7 Å². The molecule has 5 aromatic rings. The van der Waals surface area contributed by atoms with Crippen molar-refractivity contribution in [2.45, 2.75) is 63.3 Å². The maximum absolute atomic E-state index is 4.60. The predicted octanol–water partition coefficient (Wildman–Crippen LogP) is 12.7. The topological polar surface area (TPSA) is 0 Å². The lowest BCUT2D eigenvalue weighted by atomic mass is 10.2. The molecule has 49 heavy (non-hydrogen) atoms. The second-order valence-electron chi connectivity index (χ2n) is 9.11. The molecule has 0 amide bonds. The molecule has 252 valence electrons.